The minimum atomic E-state index is -4.70. The number of urea groups is 1. The highest BCUT2D eigenvalue weighted by molar-refractivity contribution is 8.02. The molecule has 152 valence electrons. The zero-order valence-electron chi connectivity index (χ0n) is 15.5. The molecule has 0 aromatic heterocycles. The Kier molecular flexibility index (Phi) is 5.11. The maximum Gasteiger partial charge on any atom is 0.573 e. The summed E-state index contributed by atoms with van der Waals surface area (Å²) in [6.45, 7) is 4.69. The maximum absolute atomic E-state index is 12.9. The lowest BCUT2D eigenvalue weighted by atomic mass is 10.2. The van der Waals surface area contributed by atoms with Gasteiger partial charge in [0.05, 0.1) is 0 Å². The van der Waals surface area contributed by atoms with Gasteiger partial charge in [-0.2, -0.15) is 0 Å². The molecule has 1 aromatic carbocycles. The number of benzene rings is 1. The highest BCUT2D eigenvalue weighted by atomic mass is 32.2. The molecule has 3 aliphatic rings. The third kappa shape index (κ3) is 4.34. The van der Waals surface area contributed by atoms with Gasteiger partial charge < -0.3 is 14.5 Å². The lowest BCUT2D eigenvalue weighted by Crippen LogP contribution is -2.46. The summed E-state index contributed by atoms with van der Waals surface area (Å²) < 4.78 is 40.7. The number of hydrogen-bond donors (Lipinski definition) is 0. The van der Waals surface area contributed by atoms with E-state index in [1.54, 1.807) is 28.8 Å². The molecule has 2 fully saturated rings. The summed E-state index contributed by atoms with van der Waals surface area (Å²) in [4.78, 5) is 18.9. The van der Waals surface area contributed by atoms with E-state index in [2.05, 4.69) is 22.0 Å². The van der Waals surface area contributed by atoms with Crippen molar-refractivity contribution < 1.29 is 22.7 Å². The van der Waals surface area contributed by atoms with E-state index in [9.17, 15) is 18.0 Å². The van der Waals surface area contributed by atoms with Crippen LogP contribution in [0, 0.1) is 5.92 Å². The van der Waals surface area contributed by atoms with Crippen molar-refractivity contribution in [2.24, 2.45) is 5.92 Å². The van der Waals surface area contributed by atoms with E-state index in [-0.39, 0.29) is 17.3 Å². The van der Waals surface area contributed by atoms with E-state index in [0.29, 0.717) is 19.6 Å². The third-order valence-electron chi connectivity index (χ3n) is 5.16. The molecule has 0 radical (unpaired) electrons. The van der Waals surface area contributed by atoms with Crippen LogP contribution in [0.25, 0.3) is 0 Å². The number of hydrogen-bond acceptors (Lipinski definition) is 4. The number of thioether (sulfide) groups is 1. The number of nitrogens with zero attached hydrogens (tertiary/aromatic N) is 3. The summed E-state index contributed by atoms with van der Waals surface area (Å²) in [5.74, 6) is 0.473. The molecule has 28 heavy (non-hydrogen) atoms. The van der Waals surface area contributed by atoms with E-state index in [1.165, 1.54) is 30.7 Å². The van der Waals surface area contributed by atoms with Crippen LogP contribution in [0.1, 0.15) is 25.3 Å². The van der Waals surface area contributed by atoms with Gasteiger partial charge in [-0.3, -0.25) is 4.90 Å². The van der Waals surface area contributed by atoms with Gasteiger partial charge in [-0.05, 0) is 48.8 Å². The standard InChI is InChI=1S/C19H22F3N3O2S/c1-13-12-28-18(25(13)11-15-2-3-15)24-9-8-23(17(24)26)10-14-4-6-16(7-5-14)27-19(20,21)22/h4-7,12,15,18H,2-3,8-11H2,1H3. The molecule has 1 aromatic rings. The van der Waals surface area contributed by atoms with Crippen LogP contribution in [0.2, 0.25) is 0 Å². The van der Waals surface area contributed by atoms with Crippen LogP contribution in [0.15, 0.2) is 35.4 Å². The van der Waals surface area contributed by atoms with E-state index in [1.807, 2.05) is 4.90 Å². The molecule has 1 unspecified atom stereocenters. The number of amides is 2. The van der Waals surface area contributed by atoms with Crippen molar-refractivity contribution in [2.75, 3.05) is 19.6 Å². The topological polar surface area (TPSA) is 36.0 Å². The molecule has 1 saturated heterocycles. The van der Waals surface area contributed by atoms with Crippen LogP contribution < -0.4 is 4.74 Å². The van der Waals surface area contributed by atoms with Crippen molar-refractivity contribution in [3.8, 4) is 5.75 Å². The van der Waals surface area contributed by atoms with Crippen LogP contribution in [0.5, 0.6) is 5.75 Å². The Morgan fingerprint density at radius 3 is 2.54 bits per heavy atom. The van der Waals surface area contributed by atoms with Gasteiger partial charge in [0.25, 0.3) is 0 Å². The van der Waals surface area contributed by atoms with Gasteiger partial charge in [-0.1, -0.05) is 23.9 Å². The highest BCUT2D eigenvalue weighted by Crippen LogP contribution is 2.39. The number of carbonyl (C=O) groups is 1. The predicted molar refractivity (Wildman–Crippen MR) is 100 cm³/mol. The average molecular weight is 413 g/mol. The largest absolute Gasteiger partial charge is 0.573 e. The SMILES string of the molecule is CC1=CSC(N2CCN(Cc3ccc(OC(F)(F)F)cc3)C2=O)N1CC1CC1. The van der Waals surface area contributed by atoms with Crippen LogP contribution in [0.4, 0.5) is 18.0 Å². The Morgan fingerprint density at radius 2 is 1.89 bits per heavy atom. The van der Waals surface area contributed by atoms with Crippen LogP contribution in [-0.2, 0) is 6.54 Å². The zero-order valence-corrected chi connectivity index (χ0v) is 16.3. The van der Waals surface area contributed by atoms with Crippen LogP contribution in [0.3, 0.4) is 0 Å². The fourth-order valence-corrected chi connectivity index (χ4v) is 4.69. The van der Waals surface area contributed by atoms with Crippen molar-refractivity contribution in [1.82, 2.24) is 14.7 Å². The summed E-state index contributed by atoms with van der Waals surface area (Å²) >= 11 is 1.66. The smallest absolute Gasteiger partial charge is 0.406 e. The molecule has 0 N–H and O–H groups in total. The summed E-state index contributed by atoms with van der Waals surface area (Å²) in [5, 5.41) is 2.11. The Hall–Kier alpha value is -2.03. The second-order valence-electron chi connectivity index (χ2n) is 7.41. The van der Waals surface area contributed by atoms with Crippen molar-refractivity contribution >= 4 is 17.8 Å². The molecule has 4 rings (SSSR count). The molecule has 1 aliphatic carbocycles. The molecule has 1 saturated carbocycles. The molecule has 0 bridgehead atoms. The van der Waals surface area contributed by atoms with Gasteiger partial charge in [0.1, 0.15) is 5.75 Å². The second-order valence-corrected chi connectivity index (χ2v) is 8.34. The first kappa shape index (κ1) is 19.3. The first-order valence-corrected chi connectivity index (χ1v) is 10.2. The Labute approximate surface area is 166 Å². The normalized spacial score (nSPS) is 22.9. The number of ether oxygens (including phenoxy) is 1. The van der Waals surface area contributed by atoms with Gasteiger partial charge in [-0.15, -0.1) is 13.2 Å². The predicted octanol–water partition coefficient (Wildman–Crippen LogP) is 4.43. The lowest BCUT2D eigenvalue weighted by molar-refractivity contribution is -0.274. The zero-order chi connectivity index (χ0) is 19.9. The number of allylic oxidation sites excluding steroid dienone is 1. The molecule has 2 heterocycles. The molecule has 2 amide bonds. The monoisotopic (exact) mass is 413 g/mol. The van der Waals surface area contributed by atoms with Crippen molar-refractivity contribution in [3.05, 3.63) is 40.9 Å². The first-order chi connectivity index (χ1) is 13.3. The van der Waals surface area contributed by atoms with Gasteiger partial charge in [0.15, 0.2) is 5.50 Å². The van der Waals surface area contributed by atoms with Crippen molar-refractivity contribution in [1.29, 1.82) is 0 Å². The molecule has 2 aliphatic heterocycles. The van der Waals surface area contributed by atoms with Gasteiger partial charge in [0, 0.05) is 31.9 Å². The lowest BCUT2D eigenvalue weighted by Gasteiger charge is -2.34. The Balaban J connectivity index is 1.36. The van der Waals surface area contributed by atoms with Crippen molar-refractivity contribution in [2.45, 2.75) is 38.2 Å². The number of carbonyl (C=O) groups excluding carboxylic acids is 1. The number of halogens is 3. The maximum atomic E-state index is 12.9. The van der Waals surface area contributed by atoms with Crippen LogP contribution >= 0.6 is 11.8 Å². The van der Waals surface area contributed by atoms with Gasteiger partial charge in [0.2, 0.25) is 0 Å². The molecular formula is C19H22F3N3O2S. The van der Waals surface area contributed by atoms with E-state index < -0.39 is 6.36 Å². The number of rotatable bonds is 6. The van der Waals surface area contributed by atoms with E-state index in [0.717, 1.165) is 18.0 Å². The summed E-state index contributed by atoms with van der Waals surface area (Å²) in [6, 6.07) is 5.65. The first-order valence-electron chi connectivity index (χ1n) is 9.29. The molecule has 5 nitrogen and oxygen atoms in total. The summed E-state index contributed by atoms with van der Waals surface area (Å²) in [7, 11) is 0. The average Bonchev–Trinajstić information content (AvgIpc) is 3.29. The summed E-state index contributed by atoms with van der Waals surface area (Å²) in [6.07, 6.45) is -2.19. The minimum absolute atomic E-state index is 0.000613. The highest BCUT2D eigenvalue weighted by Gasteiger charge is 2.40. The van der Waals surface area contributed by atoms with Crippen molar-refractivity contribution in [3.63, 3.8) is 0 Å². The molecule has 1 atom stereocenters. The fourth-order valence-electron chi connectivity index (χ4n) is 3.50. The second kappa shape index (κ2) is 7.42. The fraction of sp³-hybridized carbons (Fsp3) is 0.526. The number of alkyl halides is 3. The quantitative estimate of drug-likeness (QED) is 0.692. The Morgan fingerprint density at radius 1 is 1.18 bits per heavy atom. The molecular weight excluding hydrogens is 391 g/mol. The van der Waals surface area contributed by atoms with E-state index in [4.69, 9.17) is 0 Å². The van der Waals surface area contributed by atoms with Gasteiger partial charge in [-0.25, -0.2) is 4.79 Å². The van der Waals surface area contributed by atoms with Crippen LogP contribution in [-0.4, -0.2) is 52.2 Å². The van der Waals surface area contributed by atoms with E-state index >= 15 is 0 Å². The molecule has 0 spiro atoms. The minimum Gasteiger partial charge on any atom is -0.406 e. The van der Waals surface area contributed by atoms with Gasteiger partial charge >= 0.3 is 12.4 Å². The molecule has 9 heteroatoms. The third-order valence-corrected chi connectivity index (χ3v) is 6.39. The summed E-state index contributed by atoms with van der Waals surface area (Å²) in [5.41, 5.74) is 1.97. The Bertz CT molecular complexity index is 765.